The van der Waals surface area contributed by atoms with E-state index in [-0.39, 0.29) is 18.1 Å². The molecule has 0 spiro atoms. The molecule has 5 aliphatic heterocycles. The second-order valence-corrected chi connectivity index (χ2v) is 21.7. The van der Waals surface area contributed by atoms with Crippen LogP contribution in [0, 0.1) is 11.8 Å². The summed E-state index contributed by atoms with van der Waals surface area (Å²) in [6.45, 7) is 15.0. The zero-order valence-corrected chi connectivity index (χ0v) is 46.5. The van der Waals surface area contributed by atoms with Crippen molar-refractivity contribution in [3.05, 3.63) is 11.6 Å². The van der Waals surface area contributed by atoms with E-state index in [2.05, 4.69) is 6.92 Å². The molecule has 0 radical (unpaired) electrons. The number of unbranched alkanes of at least 4 members (excludes halogenated alkanes) is 1. The molecule has 5 aliphatic rings. The van der Waals surface area contributed by atoms with Gasteiger partial charge < -0.3 is 92.6 Å². The van der Waals surface area contributed by atoms with Gasteiger partial charge in [-0.2, -0.15) is 0 Å². The van der Waals surface area contributed by atoms with Crippen molar-refractivity contribution in [2.45, 2.75) is 288 Å². The van der Waals surface area contributed by atoms with Crippen molar-refractivity contribution >= 4 is 23.9 Å². The molecular formula is C54H90O23. The lowest BCUT2D eigenvalue weighted by Crippen LogP contribution is -2.68. The Morgan fingerprint density at radius 2 is 1.22 bits per heavy atom. The van der Waals surface area contributed by atoms with Gasteiger partial charge in [-0.25, -0.2) is 4.79 Å². The van der Waals surface area contributed by atoms with Crippen LogP contribution in [-0.2, 0) is 76.0 Å². The van der Waals surface area contributed by atoms with Gasteiger partial charge in [-0.1, -0.05) is 84.6 Å². The third kappa shape index (κ3) is 17.5. The number of hydrogen-bond acceptors (Lipinski definition) is 23. The summed E-state index contributed by atoms with van der Waals surface area (Å²) in [5.41, 5.74) is 0.0983. The van der Waals surface area contributed by atoms with Crippen LogP contribution < -0.4 is 0 Å². The molecule has 5 fully saturated rings. The SMILES string of the molecule is CC=C(C)C(=O)OC1C2OC(C)C(OC3OC(C)C(OC(=O)C(C)C)C(O)C3O)C1OC(=O)CCCCCCCCCCC(CCCC)OC1OC(C)C(O)C(O)C1OC1OC(COC(=O)C(C)C(C)O)C(O)C(O)C1O2. The van der Waals surface area contributed by atoms with Gasteiger partial charge >= 0.3 is 23.9 Å². The van der Waals surface area contributed by atoms with Crippen LogP contribution in [0.2, 0.25) is 0 Å². The first-order valence-electron chi connectivity index (χ1n) is 27.9. The molecule has 0 aliphatic carbocycles. The highest BCUT2D eigenvalue weighted by molar-refractivity contribution is 5.87. The Balaban J connectivity index is 1.60. The molecule has 5 heterocycles. The number of carbonyl (C=O) groups is 4. The minimum atomic E-state index is -2.03. The molecule has 7 N–H and O–H groups in total. The summed E-state index contributed by atoms with van der Waals surface area (Å²) >= 11 is 0. The molecular weight excluding hydrogens is 1020 g/mol. The minimum Gasteiger partial charge on any atom is -0.463 e. The van der Waals surface area contributed by atoms with Gasteiger partial charge in [-0.15, -0.1) is 0 Å². The van der Waals surface area contributed by atoms with Gasteiger partial charge in [-0.3, -0.25) is 14.4 Å². The highest BCUT2D eigenvalue weighted by Crippen LogP contribution is 2.38. The molecule has 77 heavy (non-hydrogen) atoms. The van der Waals surface area contributed by atoms with Crippen LogP contribution >= 0.6 is 0 Å². The second kappa shape index (κ2) is 30.7. The van der Waals surface area contributed by atoms with Crippen LogP contribution in [0.4, 0.5) is 0 Å². The average Bonchev–Trinajstić information content (AvgIpc) is 3.39. The monoisotopic (exact) mass is 1110 g/mol. The number of fused-ring (bicyclic) bond motifs is 4. The smallest absolute Gasteiger partial charge is 0.333 e. The molecule has 0 aromatic heterocycles. The number of aliphatic hydroxyl groups is 7. The predicted molar refractivity (Wildman–Crippen MR) is 269 cm³/mol. The van der Waals surface area contributed by atoms with Crippen LogP contribution in [0.1, 0.15) is 153 Å². The highest BCUT2D eigenvalue weighted by atomic mass is 16.8. The minimum absolute atomic E-state index is 0.0739. The number of allylic oxidation sites excluding steroid dienone is 1. The van der Waals surface area contributed by atoms with E-state index in [4.69, 9.17) is 56.8 Å². The first-order valence-corrected chi connectivity index (χ1v) is 27.9. The Morgan fingerprint density at radius 3 is 1.84 bits per heavy atom. The highest BCUT2D eigenvalue weighted by Gasteiger charge is 2.58. The molecule has 0 aromatic rings. The molecule has 444 valence electrons. The lowest BCUT2D eigenvalue weighted by atomic mass is 9.95. The fraction of sp³-hybridized carbons (Fsp3) is 0.889. The molecule has 0 amide bonds. The summed E-state index contributed by atoms with van der Waals surface area (Å²) in [5.74, 6) is -4.73. The van der Waals surface area contributed by atoms with Gasteiger partial charge in [0.15, 0.2) is 43.5 Å². The van der Waals surface area contributed by atoms with E-state index in [1.54, 1.807) is 27.7 Å². The largest absolute Gasteiger partial charge is 0.463 e. The van der Waals surface area contributed by atoms with Crippen molar-refractivity contribution in [2.75, 3.05) is 6.61 Å². The zero-order chi connectivity index (χ0) is 56.8. The summed E-state index contributed by atoms with van der Waals surface area (Å²) < 4.78 is 74.2. The van der Waals surface area contributed by atoms with Crippen LogP contribution in [0.5, 0.6) is 0 Å². The first kappa shape index (κ1) is 64.8. The normalized spacial score (nSPS) is 40.4. The molecule has 23 atom stereocenters. The Morgan fingerprint density at radius 1 is 0.636 bits per heavy atom. The summed E-state index contributed by atoms with van der Waals surface area (Å²) in [7, 11) is 0. The number of esters is 4. The van der Waals surface area contributed by atoms with E-state index < -0.39 is 171 Å². The van der Waals surface area contributed by atoms with E-state index >= 15 is 0 Å². The van der Waals surface area contributed by atoms with E-state index in [0.717, 1.165) is 51.4 Å². The van der Waals surface area contributed by atoms with Crippen molar-refractivity contribution < 1.29 is 112 Å². The lowest BCUT2D eigenvalue weighted by Gasteiger charge is -2.50. The van der Waals surface area contributed by atoms with E-state index in [0.29, 0.717) is 25.7 Å². The van der Waals surface area contributed by atoms with Gasteiger partial charge in [0.2, 0.25) is 0 Å². The van der Waals surface area contributed by atoms with E-state index in [1.807, 2.05) is 0 Å². The third-order valence-electron chi connectivity index (χ3n) is 15.1. The Kier molecular flexibility index (Phi) is 25.9. The van der Waals surface area contributed by atoms with Crippen molar-refractivity contribution in [3.8, 4) is 0 Å². The van der Waals surface area contributed by atoms with Crippen LogP contribution in [0.25, 0.3) is 0 Å². The Hall–Kier alpha value is -2.98. The number of rotatable bonds is 13. The summed E-state index contributed by atoms with van der Waals surface area (Å²) in [6, 6.07) is 0. The molecule has 23 nitrogen and oxygen atoms in total. The molecule has 5 saturated heterocycles. The Labute approximate surface area is 452 Å². The number of ether oxygens (including phenoxy) is 12. The molecule has 0 saturated carbocycles. The van der Waals surface area contributed by atoms with Crippen molar-refractivity contribution in [2.24, 2.45) is 11.8 Å². The second-order valence-electron chi connectivity index (χ2n) is 21.7. The fourth-order valence-electron chi connectivity index (χ4n) is 9.74. The van der Waals surface area contributed by atoms with Crippen molar-refractivity contribution in [3.63, 3.8) is 0 Å². The van der Waals surface area contributed by atoms with Gasteiger partial charge in [0, 0.05) is 12.0 Å². The summed E-state index contributed by atoms with van der Waals surface area (Å²) in [5, 5.41) is 79.8. The third-order valence-corrected chi connectivity index (χ3v) is 15.1. The standard InChI is InChI=1S/C54H90O23/c1-11-13-22-33-23-20-18-16-14-15-17-19-21-24-35(56)72-46-43(75-51-41(62)40(61)42(31(9)68-51)73-48(63)26(3)4)32(10)69-54(47(46)74-49(64)27(5)12-2)77-45-39(60)37(58)34(25-66-50(65)28(6)29(7)55)71-53(45)76-44-38(59)36(57)30(8)67-52(44)70-33/h12,26,28-34,36-47,51-55,57-62H,11,13-25H2,1-10H3. The zero-order valence-electron chi connectivity index (χ0n) is 46.5. The van der Waals surface area contributed by atoms with Gasteiger partial charge in [0.25, 0.3) is 0 Å². The molecule has 23 heteroatoms. The van der Waals surface area contributed by atoms with E-state index in [9.17, 15) is 54.9 Å². The predicted octanol–water partition coefficient (Wildman–Crippen LogP) is 2.67. The first-order chi connectivity index (χ1) is 36.5. The van der Waals surface area contributed by atoms with Crippen LogP contribution in [0.15, 0.2) is 11.6 Å². The van der Waals surface area contributed by atoms with Crippen molar-refractivity contribution in [1.82, 2.24) is 0 Å². The maximum absolute atomic E-state index is 14.0. The van der Waals surface area contributed by atoms with Crippen LogP contribution in [0.3, 0.4) is 0 Å². The topological polar surface area (TPSA) is 321 Å². The quantitative estimate of drug-likeness (QED) is 0.0792. The number of carbonyl (C=O) groups excluding carboxylic acids is 4. The number of aliphatic hydroxyl groups excluding tert-OH is 7. The summed E-state index contributed by atoms with van der Waals surface area (Å²) in [4.78, 5) is 53.5. The van der Waals surface area contributed by atoms with Gasteiger partial charge in [0.05, 0.1) is 42.4 Å². The maximum atomic E-state index is 14.0. The lowest BCUT2D eigenvalue weighted by molar-refractivity contribution is -0.399. The molecule has 0 aromatic carbocycles. The molecule has 2 bridgehead atoms. The Bertz CT molecular complexity index is 1870. The van der Waals surface area contributed by atoms with Gasteiger partial charge in [0.1, 0.15) is 67.6 Å². The number of hydrogen-bond donors (Lipinski definition) is 7. The fourth-order valence-corrected chi connectivity index (χ4v) is 9.74. The maximum Gasteiger partial charge on any atom is 0.333 e. The average molecular weight is 1110 g/mol. The molecule has 23 unspecified atom stereocenters. The van der Waals surface area contributed by atoms with E-state index in [1.165, 1.54) is 40.7 Å². The van der Waals surface area contributed by atoms with Crippen LogP contribution in [-0.4, -0.2) is 201 Å². The summed E-state index contributed by atoms with van der Waals surface area (Å²) in [6.07, 6.45) is -22.6. The van der Waals surface area contributed by atoms with Crippen molar-refractivity contribution in [1.29, 1.82) is 0 Å². The van der Waals surface area contributed by atoms with Gasteiger partial charge in [-0.05, 0) is 67.7 Å². The molecule has 5 rings (SSSR count).